The van der Waals surface area contributed by atoms with Crippen molar-refractivity contribution in [2.24, 2.45) is 5.73 Å². The summed E-state index contributed by atoms with van der Waals surface area (Å²) in [5, 5.41) is 12.9. The molecule has 8 rings (SSSR count). The third-order valence-electron chi connectivity index (χ3n) is 12.6. The van der Waals surface area contributed by atoms with E-state index in [-0.39, 0.29) is 48.2 Å². The number of benzene rings is 2. The molecule has 0 spiro atoms. The highest BCUT2D eigenvalue weighted by Crippen LogP contribution is 2.52. The second-order valence-electron chi connectivity index (χ2n) is 21.1. The van der Waals surface area contributed by atoms with Gasteiger partial charge in [-0.05, 0) is 150 Å². The van der Waals surface area contributed by atoms with Gasteiger partial charge in [-0.15, -0.1) is 45.3 Å². The zero-order chi connectivity index (χ0) is 54.4. The molecular formula is C56H76N8O6S4. The Morgan fingerprint density at radius 2 is 1.14 bits per heavy atom. The summed E-state index contributed by atoms with van der Waals surface area (Å²) in [7, 11) is 0. The van der Waals surface area contributed by atoms with Crippen LogP contribution in [0.15, 0.2) is 61.2 Å². The summed E-state index contributed by atoms with van der Waals surface area (Å²) >= 11 is 6.30. The van der Waals surface area contributed by atoms with Crippen molar-refractivity contribution in [3.8, 4) is 21.1 Å². The molecule has 14 nitrogen and oxygen atoms in total. The van der Waals surface area contributed by atoms with Crippen molar-refractivity contribution in [1.82, 2.24) is 25.1 Å². The highest BCUT2D eigenvalue weighted by molar-refractivity contribution is 7.23. The van der Waals surface area contributed by atoms with Gasteiger partial charge >= 0.3 is 12.2 Å². The fraction of sp³-hybridized carbons (Fsp3) is 0.500. The van der Waals surface area contributed by atoms with Crippen LogP contribution in [0.25, 0.3) is 41.6 Å². The number of para-hydroxylation sites is 2. The zero-order valence-electron chi connectivity index (χ0n) is 45.6. The number of nitrogens with one attached hydrogen (secondary N) is 3. The number of amides is 4. The number of rotatable bonds is 11. The molecule has 0 fully saturated rings. The van der Waals surface area contributed by atoms with Gasteiger partial charge in [-0.2, -0.15) is 0 Å². The smallest absolute Gasteiger partial charge is 0.411 e. The number of hydrogen-bond donors (Lipinski definition) is 4. The van der Waals surface area contributed by atoms with E-state index in [0.717, 1.165) is 85.3 Å². The zero-order valence-corrected chi connectivity index (χ0v) is 48.8. The van der Waals surface area contributed by atoms with E-state index in [2.05, 4.69) is 56.3 Å². The van der Waals surface area contributed by atoms with Gasteiger partial charge < -0.3 is 31.2 Å². The van der Waals surface area contributed by atoms with Gasteiger partial charge in [0.2, 0.25) is 11.8 Å². The third kappa shape index (κ3) is 14.2. The second-order valence-corrected chi connectivity index (χ2v) is 25.3. The van der Waals surface area contributed by atoms with Gasteiger partial charge in [0.1, 0.15) is 31.2 Å². The molecule has 2 aliphatic rings. The number of aromatic nitrogens is 2. The van der Waals surface area contributed by atoms with Crippen LogP contribution in [0, 0.1) is 0 Å². The summed E-state index contributed by atoms with van der Waals surface area (Å²) in [6, 6.07) is 16.4. The Labute approximate surface area is 453 Å². The molecule has 5 N–H and O–H groups in total. The fourth-order valence-corrected chi connectivity index (χ4v) is 13.5. The number of carbonyl (C=O) groups is 4. The van der Waals surface area contributed by atoms with E-state index in [1.807, 2.05) is 117 Å². The number of nitrogens with zero attached hydrogens (tertiary/aromatic N) is 4. The normalized spacial score (nSPS) is 18.2. The van der Waals surface area contributed by atoms with Crippen LogP contribution < -0.4 is 21.7 Å². The monoisotopic (exact) mass is 1080 g/mol. The molecule has 4 aromatic heterocycles. The average Bonchev–Trinajstić information content (AvgIpc) is 4.10. The summed E-state index contributed by atoms with van der Waals surface area (Å²) in [4.78, 5) is 66.8. The summed E-state index contributed by atoms with van der Waals surface area (Å²) in [6.07, 6.45) is 4.45. The first kappa shape index (κ1) is 58.0. The van der Waals surface area contributed by atoms with Crippen molar-refractivity contribution in [2.75, 3.05) is 17.2 Å². The Bertz CT molecular complexity index is 2870. The topological polar surface area (TPSA) is 181 Å². The van der Waals surface area contributed by atoms with Crippen LogP contribution in [0.1, 0.15) is 149 Å². The first-order valence-corrected chi connectivity index (χ1v) is 28.9. The minimum atomic E-state index is -0.569. The Kier molecular flexibility index (Phi) is 19.3. The predicted octanol–water partition coefficient (Wildman–Crippen LogP) is 14.1. The number of thiophene rings is 2. The molecule has 6 atom stereocenters. The molecule has 0 saturated heterocycles. The van der Waals surface area contributed by atoms with Gasteiger partial charge in [0.25, 0.3) is 0 Å². The quantitative estimate of drug-likeness (QED) is 0.0912. The van der Waals surface area contributed by atoms with Gasteiger partial charge in [-0.3, -0.25) is 19.4 Å². The van der Waals surface area contributed by atoms with E-state index in [0.29, 0.717) is 37.9 Å². The van der Waals surface area contributed by atoms with Crippen LogP contribution in [0.4, 0.5) is 19.6 Å². The fourth-order valence-electron chi connectivity index (χ4n) is 8.67. The van der Waals surface area contributed by atoms with Crippen LogP contribution in [0.5, 0.6) is 0 Å². The number of ether oxygens (including phenoxy) is 2. The van der Waals surface area contributed by atoms with Crippen molar-refractivity contribution in [3.63, 3.8) is 0 Å². The lowest BCUT2D eigenvalue weighted by Gasteiger charge is -2.39. The number of thiazole rings is 2. The van der Waals surface area contributed by atoms with E-state index in [4.69, 9.17) is 25.2 Å². The lowest BCUT2D eigenvalue weighted by atomic mass is 9.93. The molecule has 400 valence electrons. The lowest BCUT2D eigenvalue weighted by Crippen LogP contribution is -2.46. The maximum Gasteiger partial charge on any atom is 0.411 e. The van der Waals surface area contributed by atoms with Gasteiger partial charge in [-0.25, -0.2) is 19.6 Å². The minimum Gasteiger partial charge on any atom is -0.444 e. The number of anilines is 2. The predicted molar refractivity (Wildman–Crippen MR) is 309 cm³/mol. The van der Waals surface area contributed by atoms with E-state index < -0.39 is 11.2 Å². The molecule has 0 radical (unpaired) electrons. The van der Waals surface area contributed by atoms with Crippen LogP contribution in [0.3, 0.4) is 0 Å². The Morgan fingerprint density at radius 3 is 1.51 bits per heavy atom. The molecule has 6 aromatic rings. The second kappa shape index (κ2) is 24.6. The molecule has 0 saturated carbocycles. The summed E-state index contributed by atoms with van der Waals surface area (Å²) in [5.41, 5.74) is 10.3. The third-order valence-corrected chi connectivity index (χ3v) is 17.4. The first-order valence-electron chi connectivity index (χ1n) is 25.6. The van der Waals surface area contributed by atoms with Crippen molar-refractivity contribution >= 4 is 99.8 Å². The van der Waals surface area contributed by atoms with Crippen LogP contribution >= 0.6 is 45.3 Å². The average molecular weight is 1090 g/mol. The van der Waals surface area contributed by atoms with Gasteiger partial charge in [0.05, 0.1) is 32.5 Å². The number of hydrogen-bond acceptors (Lipinski definition) is 14. The summed E-state index contributed by atoms with van der Waals surface area (Å²) in [6.45, 7) is 31.9. The maximum atomic E-state index is 13.1. The van der Waals surface area contributed by atoms with E-state index >= 15 is 0 Å². The Hall–Kier alpha value is -5.24. The highest BCUT2D eigenvalue weighted by atomic mass is 32.1. The molecular weight excluding hydrogens is 1010 g/mol. The molecule has 4 unspecified atom stereocenters. The molecule has 74 heavy (non-hydrogen) atoms. The largest absolute Gasteiger partial charge is 0.444 e. The van der Waals surface area contributed by atoms with Crippen molar-refractivity contribution in [1.29, 1.82) is 0 Å². The molecule has 0 aliphatic carbocycles. The van der Waals surface area contributed by atoms with E-state index in [1.165, 1.54) is 17.4 Å². The van der Waals surface area contributed by atoms with Gasteiger partial charge in [0, 0.05) is 58.0 Å². The van der Waals surface area contributed by atoms with Crippen LogP contribution in [0.2, 0.25) is 0 Å². The SMILES string of the molecule is C=CC(=O)Nc1sc2c(c1-c1nc3ccccc3s1)CC(C)N(C(=O)OC(C)(C)C)C2C.CC[C@H](C)N.CC[C@H](C)NCCC(=O)Nc1sc2c(c1-c1nc3ccccc3s1)CC(C)N(C(=O)OC(C)(C)C)C2C. The van der Waals surface area contributed by atoms with E-state index in [9.17, 15) is 19.2 Å². The Morgan fingerprint density at radius 1 is 0.716 bits per heavy atom. The molecule has 2 aromatic carbocycles. The standard InChI is InChI=1S/C28H38N4O3S2.C24H27N3O3S2.C4H11N/c1-8-16(2)29-14-13-22(33)31-26-23(25-30-20-11-9-10-12-21(20)36-25)19-15-17(3)32(18(4)24(19)37-26)27(34)35-28(5,6)7;1-7-18(28)26-22-19(21-25-16-10-8-9-11-17(16)31-21)15-12-13(2)27(14(3)20(15)32-22)23(29)30-24(4,5)6;1-3-4(2)5/h9-12,16-18,29H,8,13-15H2,1-7H3,(H,31,33);7-11,13-14H,1,12H2,2-6H3,(H,26,28);4H,3,5H2,1-2H3/t16-,17?,18?;;4-/m0.0/s1. The molecule has 4 amide bonds. The number of fused-ring (bicyclic) bond motifs is 4. The Balaban J connectivity index is 0.000000223. The van der Waals surface area contributed by atoms with Crippen LogP contribution in [-0.4, -0.2) is 85.7 Å². The summed E-state index contributed by atoms with van der Waals surface area (Å²) < 4.78 is 13.6. The maximum absolute atomic E-state index is 13.1. The van der Waals surface area contributed by atoms with Gasteiger partial charge in [-0.1, -0.05) is 44.7 Å². The van der Waals surface area contributed by atoms with E-state index in [1.54, 1.807) is 38.9 Å². The molecule has 2 aliphatic heterocycles. The van der Waals surface area contributed by atoms with Crippen molar-refractivity contribution < 1.29 is 28.7 Å². The van der Waals surface area contributed by atoms with Crippen LogP contribution in [-0.2, 0) is 31.9 Å². The minimum absolute atomic E-state index is 0.0264. The first-order chi connectivity index (χ1) is 34.8. The van der Waals surface area contributed by atoms with Gasteiger partial charge in [0.15, 0.2) is 0 Å². The number of carbonyl (C=O) groups excluding carboxylic acids is 4. The molecule has 18 heteroatoms. The highest BCUT2D eigenvalue weighted by Gasteiger charge is 2.41. The molecule has 0 bridgehead atoms. The lowest BCUT2D eigenvalue weighted by molar-refractivity contribution is -0.116. The number of nitrogens with two attached hydrogens (primary N) is 1. The van der Waals surface area contributed by atoms with Crippen molar-refractivity contribution in [2.45, 2.75) is 176 Å². The van der Waals surface area contributed by atoms with Crippen molar-refractivity contribution in [3.05, 3.63) is 82.1 Å². The molecule has 6 heterocycles. The summed E-state index contributed by atoms with van der Waals surface area (Å²) in [5.74, 6) is -0.294.